The van der Waals surface area contributed by atoms with E-state index in [0.29, 0.717) is 17.9 Å². The first-order valence-corrected chi connectivity index (χ1v) is 5.60. The van der Waals surface area contributed by atoms with Crippen molar-refractivity contribution < 1.29 is 18.7 Å². The van der Waals surface area contributed by atoms with Crippen molar-refractivity contribution in [1.29, 1.82) is 0 Å². The monoisotopic (exact) mass is 224 g/mol. The van der Waals surface area contributed by atoms with Gasteiger partial charge in [0.05, 0.1) is 12.4 Å². The van der Waals surface area contributed by atoms with Gasteiger partial charge >= 0.3 is 5.97 Å². The van der Waals surface area contributed by atoms with E-state index in [4.69, 9.17) is 13.9 Å². The summed E-state index contributed by atoms with van der Waals surface area (Å²) in [7, 11) is 0. The number of furan rings is 1. The third-order valence-electron chi connectivity index (χ3n) is 2.75. The average Bonchev–Trinajstić information content (AvgIpc) is 2.74. The van der Waals surface area contributed by atoms with Crippen molar-refractivity contribution >= 4 is 5.97 Å². The van der Waals surface area contributed by atoms with E-state index in [9.17, 15) is 4.79 Å². The predicted molar refractivity (Wildman–Crippen MR) is 57.3 cm³/mol. The lowest BCUT2D eigenvalue weighted by atomic mass is 10.1. The van der Waals surface area contributed by atoms with E-state index in [1.807, 2.05) is 0 Å². The van der Waals surface area contributed by atoms with Gasteiger partial charge in [0.2, 0.25) is 0 Å². The van der Waals surface area contributed by atoms with Gasteiger partial charge in [0.25, 0.3) is 0 Å². The van der Waals surface area contributed by atoms with Crippen LogP contribution in [0.15, 0.2) is 16.7 Å². The van der Waals surface area contributed by atoms with E-state index < -0.39 is 0 Å². The zero-order valence-electron chi connectivity index (χ0n) is 9.40. The minimum Gasteiger partial charge on any atom is -0.469 e. The van der Waals surface area contributed by atoms with Crippen molar-refractivity contribution in [1.82, 2.24) is 0 Å². The van der Waals surface area contributed by atoms with Crippen LogP contribution in [0.1, 0.15) is 35.4 Å². The highest BCUT2D eigenvalue weighted by molar-refractivity contribution is 5.90. The fraction of sp³-hybridized carbons (Fsp3) is 0.583. The molecule has 1 fully saturated rings. The summed E-state index contributed by atoms with van der Waals surface area (Å²) >= 11 is 0. The predicted octanol–water partition coefficient (Wildman–Crippen LogP) is 2.31. The highest BCUT2D eigenvalue weighted by atomic mass is 16.6. The number of esters is 1. The summed E-state index contributed by atoms with van der Waals surface area (Å²) in [6.07, 6.45) is 4.77. The zero-order chi connectivity index (χ0) is 11.4. The normalized spacial score (nSPS) is 20.7. The third kappa shape index (κ3) is 2.64. The molecule has 1 aromatic rings. The minimum atomic E-state index is -0.333. The van der Waals surface area contributed by atoms with Crippen LogP contribution in [0.4, 0.5) is 0 Å². The third-order valence-corrected chi connectivity index (χ3v) is 2.75. The van der Waals surface area contributed by atoms with Crippen LogP contribution in [-0.2, 0) is 9.47 Å². The van der Waals surface area contributed by atoms with Crippen molar-refractivity contribution in [3.8, 4) is 0 Å². The molecule has 0 N–H and O–H groups in total. The highest BCUT2D eigenvalue weighted by Gasteiger charge is 2.18. The topological polar surface area (TPSA) is 48.7 Å². The molecule has 1 unspecified atom stereocenters. The molecular formula is C12H16O4. The zero-order valence-corrected chi connectivity index (χ0v) is 9.40. The molecule has 16 heavy (non-hydrogen) atoms. The lowest BCUT2D eigenvalue weighted by Crippen LogP contribution is -2.26. The maximum atomic E-state index is 11.6. The van der Waals surface area contributed by atoms with E-state index in [1.54, 1.807) is 13.0 Å². The van der Waals surface area contributed by atoms with E-state index >= 15 is 0 Å². The fourth-order valence-electron chi connectivity index (χ4n) is 1.78. The number of hydrogen-bond donors (Lipinski definition) is 0. The number of rotatable bonds is 3. The second-order valence-electron chi connectivity index (χ2n) is 3.98. The van der Waals surface area contributed by atoms with Crippen molar-refractivity contribution in [2.45, 2.75) is 32.3 Å². The highest BCUT2D eigenvalue weighted by Crippen LogP contribution is 2.15. The molecule has 0 saturated carbocycles. The second kappa shape index (κ2) is 5.16. The maximum Gasteiger partial charge on any atom is 0.341 e. The SMILES string of the molecule is Cc1occc1C(=O)OCC1CCCCO1. The molecule has 1 atom stereocenters. The van der Waals surface area contributed by atoms with Gasteiger partial charge in [-0.2, -0.15) is 0 Å². The Morgan fingerprint density at radius 3 is 3.06 bits per heavy atom. The summed E-state index contributed by atoms with van der Waals surface area (Å²) in [5.41, 5.74) is 0.496. The van der Waals surface area contributed by atoms with Crippen molar-refractivity contribution in [3.63, 3.8) is 0 Å². The number of carbonyl (C=O) groups excluding carboxylic acids is 1. The summed E-state index contributed by atoms with van der Waals surface area (Å²) in [6, 6.07) is 1.62. The molecule has 0 aromatic carbocycles. The molecule has 4 heteroatoms. The van der Waals surface area contributed by atoms with Gasteiger partial charge in [0.1, 0.15) is 17.9 Å². The molecule has 0 radical (unpaired) electrons. The van der Waals surface area contributed by atoms with Gasteiger partial charge in [-0.3, -0.25) is 0 Å². The van der Waals surface area contributed by atoms with Gasteiger partial charge in [-0.05, 0) is 32.3 Å². The largest absolute Gasteiger partial charge is 0.469 e. The average molecular weight is 224 g/mol. The Balaban J connectivity index is 1.81. The van der Waals surface area contributed by atoms with Crippen molar-refractivity contribution in [2.24, 2.45) is 0 Å². The van der Waals surface area contributed by atoms with Crippen LogP contribution < -0.4 is 0 Å². The van der Waals surface area contributed by atoms with Crippen LogP contribution in [0.5, 0.6) is 0 Å². The molecule has 1 aliphatic heterocycles. The number of aryl methyl sites for hydroxylation is 1. The van der Waals surface area contributed by atoms with Crippen LogP contribution >= 0.6 is 0 Å². The molecule has 1 aromatic heterocycles. The first kappa shape index (κ1) is 11.2. The molecule has 0 amide bonds. The Hall–Kier alpha value is -1.29. The van der Waals surface area contributed by atoms with E-state index in [2.05, 4.69) is 0 Å². The van der Waals surface area contributed by atoms with Crippen molar-refractivity contribution in [3.05, 3.63) is 23.7 Å². The Morgan fingerprint density at radius 2 is 2.44 bits per heavy atom. The first-order chi connectivity index (χ1) is 7.77. The smallest absolute Gasteiger partial charge is 0.341 e. The Labute approximate surface area is 94.5 Å². The van der Waals surface area contributed by atoms with Gasteiger partial charge in [-0.15, -0.1) is 0 Å². The summed E-state index contributed by atoms with van der Waals surface area (Å²) in [5.74, 6) is 0.259. The Bertz CT molecular complexity index is 350. The summed E-state index contributed by atoms with van der Waals surface area (Å²) in [5, 5.41) is 0. The maximum absolute atomic E-state index is 11.6. The fourth-order valence-corrected chi connectivity index (χ4v) is 1.78. The molecule has 0 spiro atoms. The van der Waals surface area contributed by atoms with E-state index in [-0.39, 0.29) is 12.1 Å². The van der Waals surface area contributed by atoms with Gasteiger partial charge in [0, 0.05) is 6.61 Å². The summed E-state index contributed by atoms with van der Waals surface area (Å²) in [4.78, 5) is 11.6. The molecule has 2 rings (SSSR count). The van der Waals surface area contributed by atoms with Gasteiger partial charge in [-0.25, -0.2) is 4.79 Å². The molecule has 0 aliphatic carbocycles. The lowest BCUT2D eigenvalue weighted by Gasteiger charge is -2.21. The lowest BCUT2D eigenvalue weighted by molar-refractivity contribution is -0.0301. The van der Waals surface area contributed by atoms with Crippen LogP contribution in [0, 0.1) is 6.92 Å². The molecule has 1 aliphatic rings. The molecular weight excluding hydrogens is 208 g/mol. The Morgan fingerprint density at radius 1 is 1.56 bits per heavy atom. The quantitative estimate of drug-likeness (QED) is 0.739. The van der Waals surface area contributed by atoms with Gasteiger partial charge in [0.15, 0.2) is 0 Å². The summed E-state index contributed by atoms with van der Waals surface area (Å²) in [6.45, 7) is 2.85. The van der Waals surface area contributed by atoms with Crippen LogP contribution in [0.3, 0.4) is 0 Å². The van der Waals surface area contributed by atoms with Crippen LogP contribution in [0.2, 0.25) is 0 Å². The molecule has 2 heterocycles. The van der Waals surface area contributed by atoms with Gasteiger partial charge < -0.3 is 13.9 Å². The molecule has 88 valence electrons. The number of carbonyl (C=O) groups is 1. The molecule has 0 bridgehead atoms. The summed E-state index contributed by atoms with van der Waals surface area (Å²) < 4.78 is 15.7. The first-order valence-electron chi connectivity index (χ1n) is 5.60. The van der Waals surface area contributed by atoms with Gasteiger partial charge in [-0.1, -0.05) is 0 Å². The molecule has 4 nitrogen and oxygen atoms in total. The van der Waals surface area contributed by atoms with Crippen molar-refractivity contribution in [2.75, 3.05) is 13.2 Å². The standard InChI is InChI=1S/C12H16O4/c1-9-11(5-7-14-9)12(13)16-8-10-4-2-3-6-15-10/h5,7,10H,2-4,6,8H2,1H3. The molecule has 1 saturated heterocycles. The second-order valence-corrected chi connectivity index (χ2v) is 3.98. The van der Waals surface area contributed by atoms with Crippen LogP contribution in [-0.4, -0.2) is 25.3 Å². The Kier molecular flexibility index (Phi) is 3.62. The van der Waals surface area contributed by atoms with Crippen LogP contribution in [0.25, 0.3) is 0 Å². The van der Waals surface area contributed by atoms with E-state index in [0.717, 1.165) is 25.9 Å². The number of ether oxygens (including phenoxy) is 2. The number of hydrogen-bond acceptors (Lipinski definition) is 4. The minimum absolute atomic E-state index is 0.0601. The van der Waals surface area contributed by atoms with E-state index in [1.165, 1.54) is 6.26 Å².